The van der Waals surface area contributed by atoms with Crippen molar-refractivity contribution >= 4 is 33.3 Å². The lowest BCUT2D eigenvalue weighted by molar-refractivity contribution is 0.458. The summed E-state index contributed by atoms with van der Waals surface area (Å²) in [6, 6.07) is 5.33. The molecule has 1 aromatic heterocycles. The molecule has 0 aliphatic carbocycles. The predicted octanol–water partition coefficient (Wildman–Crippen LogP) is 3.28. The van der Waals surface area contributed by atoms with Gasteiger partial charge in [-0.2, -0.15) is 0 Å². The number of nitrogen functional groups attached to an aromatic ring is 1. The number of nitrogens with two attached hydrogens (primary N) is 1. The van der Waals surface area contributed by atoms with E-state index in [1.54, 1.807) is 19.1 Å². The van der Waals surface area contributed by atoms with Gasteiger partial charge in [-0.1, -0.05) is 27.5 Å². The monoisotopic (exact) mass is 328 g/mol. The van der Waals surface area contributed by atoms with E-state index in [0.717, 1.165) is 4.47 Å². The molecule has 0 saturated carbocycles. The maximum atomic E-state index is 6.07. The number of hydrogen-bond acceptors (Lipinski definition) is 5. The number of nitrogens with zero attached hydrogens (tertiary/aromatic N) is 2. The van der Waals surface area contributed by atoms with Gasteiger partial charge >= 0.3 is 0 Å². The SMILES string of the molecule is Cc1c(NN)ncnc1Oc1ccc(Br)cc1Cl. The first-order valence-electron chi connectivity index (χ1n) is 5.03. The van der Waals surface area contributed by atoms with Crippen LogP contribution in [0.2, 0.25) is 5.02 Å². The summed E-state index contributed by atoms with van der Waals surface area (Å²) in [5.41, 5.74) is 3.18. The molecule has 0 spiro atoms. The average molecular weight is 330 g/mol. The molecule has 0 saturated heterocycles. The largest absolute Gasteiger partial charge is 0.437 e. The summed E-state index contributed by atoms with van der Waals surface area (Å²) < 4.78 is 6.52. The summed E-state index contributed by atoms with van der Waals surface area (Å²) in [5.74, 6) is 6.77. The van der Waals surface area contributed by atoms with Crippen LogP contribution >= 0.6 is 27.5 Å². The number of rotatable bonds is 3. The number of nitrogens with one attached hydrogen (secondary N) is 1. The highest BCUT2D eigenvalue weighted by Crippen LogP contribution is 2.32. The van der Waals surface area contributed by atoms with Crippen molar-refractivity contribution in [3.63, 3.8) is 0 Å². The van der Waals surface area contributed by atoms with E-state index in [1.165, 1.54) is 6.33 Å². The fraction of sp³-hybridized carbons (Fsp3) is 0.0909. The summed E-state index contributed by atoms with van der Waals surface area (Å²) in [5, 5.41) is 0.490. The standard InChI is InChI=1S/C11H10BrClN4O/c1-6-10(17-14)15-5-16-11(6)18-9-3-2-7(12)4-8(9)13/h2-5H,14H2,1H3,(H,15,16,17). The molecular formula is C11H10BrClN4O. The third-order valence-corrected chi connectivity index (χ3v) is 3.06. The molecular weight excluding hydrogens is 320 g/mol. The van der Waals surface area contributed by atoms with Crippen LogP contribution in [0, 0.1) is 6.92 Å². The van der Waals surface area contributed by atoms with Crippen LogP contribution in [0.25, 0.3) is 0 Å². The van der Waals surface area contributed by atoms with E-state index < -0.39 is 0 Å². The molecule has 18 heavy (non-hydrogen) atoms. The molecule has 1 aromatic carbocycles. The molecule has 5 nitrogen and oxygen atoms in total. The Morgan fingerprint density at radius 1 is 1.39 bits per heavy atom. The minimum absolute atomic E-state index is 0.405. The van der Waals surface area contributed by atoms with Gasteiger partial charge in [0.25, 0.3) is 0 Å². The second kappa shape index (κ2) is 5.51. The zero-order chi connectivity index (χ0) is 13.1. The van der Waals surface area contributed by atoms with Gasteiger partial charge in [0.15, 0.2) is 0 Å². The van der Waals surface area contributed by atoms with Crippen LogP contribution < -0.4 is 16.0 Å². The summed E-state index contributed by atoms with van der Waals surface area (Å²) >= 11 is 9.39. The Morgan fingerprint density at radius 3 is 2.83 bits per heavy atom. The summed E-state index contributed by atoms with van der Waals surface area (Å²) in [6.45, 7) is 1.80. The second-order valence-corrected chi connectivity index (χ2v) is 4.80. The normalized spacial score (nSPS) is 10.2. The molecule has 2 rings (SSSR count). The third-order valence-electron chi connectivity index (χ3n) is 2.28. The summed E-state index contributed by atoms with van der Waals surface area (Å²) in [7, 11) is 0. The molecule has 0 aliphatic rings. The molecule has 0 fully saturated rings. The maximum absolute atomic E-state index is 6.07. The van der Waals surface area contributed by atoms with Crippen LogP contribution in [0.3, 0.4) is 0 Å². The molecule has 0 bridgehead atoms. The van der Waals surface area contributed by atoms with Gasteiger partial charge in [-0.3, -0.25) is 0 Å². The highest BCUT2D eigenvalue weighted by molar-refractivity contribution is 9.10. The van der Waals surface area contributed by atoms with Gasteiger partial charge in [0.05, 0.1) is 10.6 Å². The number of ether oxygens (including phenoxy) is 1. The van der Waals surface area contributed by atoms with Gasteiger partial charge in [-0.05, 0) is 25.1 Å². The Hall–Kier alpha value is -1.37. The van der Waals surface area contributed by atoms with Crippen molar-refractivity contribution in [2.45, 2.75) is 6.92 Å². The number of aromatic nitrogens is 2. The number of halogens is 2. The molecule has 1 heterocycles. The molecule has 0 radical (unpaired) electrons. The quantitative estimate of drug-likeness (QED) is 0.668. The van der Waals surface area contributed by atoms with Gasteiger partial charge in [-0.15, -0.1) is 0 Å². The van der Waals surface area contributed by atoms with Crippen molar-refractivity contribution in [2.75, 3.05) is 5.43 Å². The lowest BCUT2D eigenvalue weighted by atomic mass is 10.3. The lowest BCUT2D eigenvalue weighted by Gasteiger charge is -2.10. The molecule has 94 valence electrons. The van der Waals surface area contributed by atoms with Crippen molar-refractivity contribution in [2.24, 2.45) is 5.84 Å². The van der Waals surface area contributed by atoms with Gasteiger partial charge in [-0.25, -0.2) is 15.8 Å². The van der Waals surface area contributed by atoms with Gasteiger partial charge in [0.2, 0.25) is 5.88 Å². The second-order valence-electron chi connectivity index (χ2n) is 3.47. The first-order chi connectivity index (χ1) is 8.61. The van der Waals surface area contributed by atoms with Gasteiger partial charge < -0.3 is 10.2 Å². The van der Waals surface area contributed by atoms with E-state index in [0.29, 0.717) is 28.0 Å². The zero-order valence-corrected chi connectivity index (χ0v) is 11.8. The number of anilines is 1. The minimum Gasteiger partial charge on any atom is -0.437 e. The van der Waals surface area contributed by atoms with Crippen LogP contribution in [0.4, 0.5) is 5.82 Å². The summed E-state index contributed by atoms with van der Waals surface area (Å²) in [6.07, 6.45) is 1.37. The number of hydrazine groups is 1. The van der Waals surface area contributed by atoms with E-state index in [-0.39, 0.29) is 0 Å². The van der Waals surface area contributed by atoms with Crippen LogP contribution in [0.15, 0.2) is 29.0 Å². The van der Waals surface area contributed by atoms with Crippen LogP contribution in [0.5, 0.6) is 11.6 Å². The first-order valence-corrected chi connectivity index (χ1v) is 6.20. The first kappa shape index (κ1) is 13.1. The highest BCUT2D eigenvalue weighted by Gasteiger charge is 2.10. The Morgan fingerprint density at radius 2 is 2.17 bits per heavy atom. The molecule has 7 heteroatoms. The molecule has 0 unspecified atom stereocenters. The average Bonchev–Trinajstić information content (AvgIpc) is 2.35. The van der Waals surface area contributed by atoms with Gasteiger partial charge in [0.1, 0.15) is 17.9 Å². The van der Waals surface area contributed by atoms with Crippen molar-refractivity contribution in [1.29, 1.82) is 0 Å². The van der Waals surface area contributed by atoms with Crippen molar-refractivity contribution in [1.82, 2.24) is 9.97 Å². The Kier molecular flexibility index (Phi) is 4.00. The van der Waals surface area contributed by atoms with E-state index in [4.69, 9.17) is 22.2 Å². The maximum Gasteiger partial charge on any atom is 0.227 e. The van der Waals surface area contributed by atoms with Crippen molar-refractivity contribution in [3.05, 3.63) is 39.6 Å². The number of benzene rings is 1. The van der Waals surface area contributed by atoms with Gasteiger partial charge in [0, 0.05) is 4.47 Å². The lowest BCUT2D eigenvalue weighted by Crippen LogP contribution is -2.11. The van der Waals surface area contributed by atoms with E-state index >= 15 is 0 Å². The number of hydrogen-bond donors (Lipinski definition) is 2. The highest BCUT2D eigenvalue weighted by atomic mass is 79.9. The Balaban J connectivity index is 2.34. The molecule has 0 amide bonds. The topological polar surface area (TPSA) is 73.1 Å². The van der Waals surface area contributed by atoms with E-state index in [2.05, 4.69) is 31.3 Å². The minimum atomic E-state index is 0.405. The third kappa shape index (κ3) is 2.72. The summed E-state index contributed by atoms with van der Waals surface area (Å²) in [4.78, 5) is 8.01. The predicted molar refractivity (Wildman–Crippen MR) is 73.8 cm³/mol. The Bertz CT molecular complexity index is 579. The fourth-order valence-corrected chi connectivity index (χ4v) is 2.06. The Labute approximate surface area is 117 Å². The van der Waals surface area contributed by atoms with Crippen LogP contribution in [-0.4, -0.2) is 9.97 Å². The smallest absolute Gasteiger partial charge is 0.227 e. The molecule has 0 atom stereocenters. The van der Waals surface area contributed by atoms with Crippen LogP contribution in [-0.2, 0) is 0 Å². The van der Waals surface area contributed by atoms with Crippen molar-refractivity contribution in [3.8, 4) is 11.6 Å². The van der Waals surface area contributed by atoms with Crippen molar-refractivity contribution < 1.29 is 4.74 Å². The van der Waals surface area contributed by atoms with E-state index in [1.807, 2.05) is 6.07 Å². The van der Waals surface area contributed by atoms with E-state index in [9.17, 15) is 0 Å². The fourth-order valence-electron chi connectivity index (χ4n) is 1.34. The molecule has 3 N–H and O–H groups in total. The molecule has 2 aromatic rings. The van der Waals surface area contributed by atoms with Crippen LogP contribution in [0.1, 0.15) is 5.56 Å². The molecule has 0 aliphatic heterocycles. The zero-order valence-electron chi connectivity index (χ0n) is 9.45.